The van der Waals surface area contributed by atoms with E-state index in [1.807, 2.05) is 0 Å². The molecule has 18 heavy (non-hydrogen) atoms. The highest BCUT2D eigenvalue weighted by atomic mass is 79.9. The van der Waals surface area contributed by atoms with Crippen molar-refractivity contribution in [3.8, 4) is 0 Å². The van der Waals surface area contributed by atoms with Gasteiger partial charge in [-0.1, -0.05) is 0 Å². The molecule has 0 atom stereocenters. The Bertz CT molecular complexity index is 445. The van der Waals surface area contributed by atoms with E-state index in [9.17, 15) is 15.2 Å². The fraction of sp³-hybridized carbons (Fsp3) is 0.500. The van der Waals surface area contributed by atoms with Crippen molar-refractivity contribution in [2.24, 2.45) is 0 Å². The molecule has 2 N–H and O–H groups in total. The third kappa shape index (κ3) is 3.20. The lowest BCUT2D eigenvalue weighted by Crippen LogP contribution is -2.28. The van der Waals surface area contributed by atoms with Gasteiger partial charge in [-0.15, -0.1) is 0 Å². The van der Waals surface area contributed by atoms with Crippen LogP contribution in [0.25, 0.3) is 0 Å². The molecule has 0 radical (unpaired) electrons. The first-order chi connectivity index (χ1) is 8.56. The number of hydrogen-bond acceptors (Lipinski definition) is 4. The molecule has 98 valence electrons. The van der Waals surface area contributed by atoms with Gasteiger partial charge in [-0.05, 0) is 53.7 Å². The molecule has 0 aromatic heterocycles. The first-order valence-electron chi connectivity index (χ1n) is 5.95. The van der Waals surface area contributed by atoms with Gasteiger partial charge in [-0.25, -0.2) is 0 Å². The topological polar surface area (TPSA) is 75.4 Å². The van der Waals surface area contributed by atoms with E-state index < -0.39 is 4.92 Å². The molecule has 0 spiro atoms. The van der Waals surface area contributed by atoms with Crippen molar-refractivity contribution in [2.75, 3.05) is 5.32 Å². The van der Waals surface area contributed by atoms with Crippen LogP contribution in [-0.4, -0.2) is 22.2 Å². The molecule has 5 nitrogen and oxygen atoms in total. The summed E-state index contributed by atoms with van der Waals surface area (Å²) in [4.78, 5) is 10.3. The quantitative estimate of drug-likeness (QED) is 0.664. The molecule has 0 heterocycles. The standard InChI is InChI=1S/C12H15BrN2O3/c13-11-7-9(3-6-12(11)15(17)18)14-8-1-4-10(16)5-2-8/h3,6-8,10,14,16H,1-2,4-5H2. The second kappa shape index (κ2) is 5.67. The predicted molar refractivity (Wildman–Crippen MR) is 72.7 cm³/mol. The molecule has 0 saturated heterocycles. The predicted octanol–water partition coefficient (Wildman–Crippen LogP) is 3.07. The van der Waals surface area contributed by atoms with E-state index in [1.54, 1.807) is 12.1 Å². The lowest BCUT2D eigenvalue weighted by atomic mass is 9.93. The zero-order valence-corrected chi connectivity index (χ0v) is 11.4. The Kier molecular flexibility index (Phi) is 4.19. The minimum Gasteiger partial charge on any atom is -0.393 e. The van der Waals surface area contributed by atoms with Crippen LogP contribution in [0.5, 0.6) is 0 Å². The molecule has 1 aliphatic carbocycles. The lowest BCUT2D eigenvalue weighted by molar-refractivity contribution is -0.385. The van der Waals surface area contributed by atoms with Crippen molar-refractivity contribution in [1.82, 2.24) is 0 Å². The molecule has 0 aliphatic heterocycles. The molecule has 1 aliphatic rings. The first-order valence-corrected chi connectivity index (χ1v) is 6.74. The normalized spacial score (nSPS) is 23.7. The Labute approximate surface area is 113 Å². The van der Waals surface area contributed by atoms with E-state index in [1.165, 1.54) is 6.07 Å². The van der Waals surface area contributed by atoms with Gasteiger partial charge < -0.3 is 10.4 Å². The zero-order chi connectivity index (χ0) is 13.1. The van der Waals surface area contributed by atoms with Crippen molar-refractivity contribution in [2.45, 2.75) is 37.8 Å². The Morgan fingerprint density at radius 3 is 2.56 bits per heavy atom. The highest BCUT2D eigenvalue weighted by Gasteiger charge is 2.19. The van der Waals surface area contributed by atoms with Gasteiger partial charge >= 0.3 is 0 Å². The van der Waals surface area contributed by atoms with E-state index in [4.69, 9.17) is 0 Å². The SMILES string of the molecule is O=[N+]([O-])c1ccc(NC2CCC(O)CC2)cc1Br. The van der Waals surface area contributed by atoms with Crippen molar-refractivity contribution >= 4 is 27.3 Å². The second-order valence-electron chi connectivity index (χ2n) is 4.57. The Morgan fingerprint density at radius 1 is 1.33 bits per heavy atom. The monoisotopic (exact) mass is 314 g/mol. The van der Waals surface area contributed by atoms with Crippen LogP contribution < -0.4 is 5.32 Å². The maximum absolute atomic E-state index is 10.7. The minimum atomic E-state index is -0.412. The number of nitro benzene ring substituents is 1. The third-order valence-electron chi connectivity index (χ3n) is 3.21. The summed E-state index contributed by atoms with van der Waals surface area (Å²) in [6.45, 7) is 0. The number of halogens is 1. The summed E-state index contributed by atoms with van der Waals surface area (Å²) in [7, 11) is 0. The van der Waals surface area contributed by atoms with Gasteiger partial charge in [-0.3, -0.25) is 10.1 Å². The second-order valence-corrected chi connectivity index (χ2v) is 5.43. The Hall–Kier alpha value is -1.14. The molecule has 0 unspecified atom stereocenters. The number of anilines is 1. The molecule has 1 aromatic rings. The van der Waals surface area contributed by atoms with Gasteiger partial charge in [0.25, 0.3) is 5.69 Å². The first kappa shape index (κ1) is 13.3. The number of benzene rings is 1. The van der Waals surface area contributed by atoms with Crippen LogP contribution in [0.1, 0.15) is 25.7 Å². The highest BCUT2D eigenvalue weighted by Crippen LogP contribution is 2.29. The summed E-state index contributed by atoms with van der Waals surface area (Å²) < 4.78 is 0.480. The summed E-state index contributed by atoms with van der Waals surface area (Å²) in [5.41, 5.74) is 0.938. The van der Waals surface area contributed by atoms with Gasteiger partial charge in [0.05, 0.1) is 15.5 Å². The third-order valence-corrected chi connectivity index (χ3v) is 3.85. The molecule has 6 heteroatoms. The fourth-order valence-corrected chi connectivity index (χ4v) is 2.72. The molecule has 2 rings (SSSR count). The van der Waals surface area contributed by atoms with Crippen molar-refractivity contribution in [3.05, 3.63) is 32.8 Å². The van der Waals surface area contributed by atoms with Crippen molar-refractivity contribution in [1.29, 1.82) is 0 Å². The molecule has 1 aromatic carbocycles. The molecular formula is C12H15BrN2O3. The molecule has 0 bridgehead atoms. The Morgan fingerprint density at radius 2 is 2.00 bits per heavy atom. The van der Waals surface area contributed by atoms with Gasteiger partial charge in [-0.2, -0.15) is 0 Å². The van der Waals surface area contributed by atoms with E-state index in [2.05, 4.69) is 21.2 Å². The van der Waals surface area contributed by atoms with Crippen molar-refractivity contribution < 1.29 is 10.0 Å². The van der Waals surface area contributed by atoms with E-state index >= 15 is 0 Å². The number of aliphatic hydroxyl groups is 1. The number of nitrogens with one attached hydrogen (secondary N) is 1. The molecule has 1 saturated carbocycles. The minimum absolute atomic E-state index is 0.0691. The van der Waals surface area contributed by atoms with Gasteiger partial charge in [0.1, 0.15) is 0 Å². The Balaban J connectivity index is 2.02. The fourth-order valence-electron chi connectivity index (χ4n) is 2.20. The number of nitro groups is 1. The summed E-state index contributed by atoms with van der Waals surface area (Å²) >= 11 is 3.20. The van der Waals surface area contributed by atoms with Crippen LogP contribution in [0.2, 0.25) is 0 Å². The van der Waals surface area contributed by atoms with Crippen molar-refractivity contribution in [3.63, 3.8) is 0 Å². The maximum Gasteiger partial charge on any atom is 0.283 e. The van der Waals surface area contributed by atoms with Crippen LogP contribution in [0, 0.1) is 10.1 Å². The van der Waals surface area contributed by atoms with Crippen LogP contribution in [0.4, 0.5) is 11.4 Å². The average Bonchev–Trinajstić information content (AvgIpc) is 2.32. The molecule has 0 amide bonds. The maximum atomic E-state index is 10.7. The number of nitrogens with zero attached hydrogens (tertiary/aromatic N) is 1. The van der Waals surface area contributed by atoms with Gasteiger partial charge in [0.15, 0.2) is 0 Å². The smallest absolute Gasteiger partial charge is 0.283 e. The number of rotatable bonds is 3. The highest BCUT2D eigenvalue weighted by molar-refractivity contribution is 9.10. The summed E-state index contributed by atoms with van der Waals surface area (Å²) in [6, 6.07) is 5.27. The number of aliphatic hydroxyl groups excluding tert-OH is 1. The zero-order valence-electron chi connectivity index (χ0n) is 9.80. The van der Waals surface area contributed by atoms with Crippen LogP contribution in [0.3, 0.4) is 0 Å². The van der Waals surface area contributed by atoms with Crippen LogP contribution in [-0.2, 0) is 0 Å². The summed E-state index contributed by atoms with van der Waals surface area (Å²) in [5.74, 6) is 0. The lowest BCUT2D eigenvalue weighted by Gasteiger charge is -2.27. The van der Waals surface area contributed by atoms with Crippen LogP contribution in [0.15, 0.2) is 22.7 Å². The van der Waals surface area contributed by atoms with Gasteiger partial charge in [0.2, 0.25) is 0 Å². The van der Waals surface area contributed by atoms with E-state index in [0.29, 0.717) is 10.5 Å². The van der Waals surface area contributed by atoms with Crippen LogP contribution >= 0.6 is 15.9 Å². The van der Waals surface area contributed by atoms with E-state index in [-0.39, 0.29) is 11.8 Å². The molecule has 1 fully saturated rings. The largest absolute Gasteiger partial charge is 0.393 e. The van der Waals surface area contributed by atoms with Gasteiger partial charge in [0, 0.05) is 17.8 Å². The molecular weight excluding hydrogens is 300 g/mol. The number of hydrogen-bond donors (Lipinski definition) is 2. The van der Waals surface area contributed by atoms with E-state index in [0.717, 1.165) is 31.4 Å². The summed E-state index contributed by atoms with van der Waals surface area (Å²) in [5, 5.41) is 23.5. The summed E-state index contributed by atoms with van der Waals surface area (Å²) in [6.07, 6.45) is 3.30. The average molecular weight is 315 g/mol.